The van der Waals surface area contributed by atoms with E-state index in [1.54, 1.807) is 12.1 Å². The number of rotatable bonds is 10. The number of fused-ring (bicyclic) bond motifs is 1. The average Bonchev–Trinajstić information content (AvgIpc) is 2.94. The van der Waals surface area contributed by atoms with Gasteiger partial charge < -0.3 is 15.2 Å². The number of ether oxygens (including phenoxy) is 1. The van der Waals surface area contributed by atoms with E-state index in [-0.39, 0.29) is 6.09 Å². The number of carboxylic acids is 1. The normalized spacial score (nSPS) is 11.6. The second-order valence-electron chi connectivity index (χ2n) is 8.40. The topological polar surface area (TPSA) is 93.5 Å². The third-order valence-corrected chi connectivity index (χ3v) is 4.65. The van der Waals surface area contributed by atoms with E-state index in [2.05, 4.69) is 10.4 Å². The van der Waals surface area contributed by atoms with Gasteiger partial charge in [0.1, 0.15) is 5.60 Å². The van der Waals surface area contributed by atoms with E-state index in [4.69, 9.17) is 4.74 Å². The summed E-state index contributed by atoms with van der Waals surface area (Å²) in [6, 6.07) is 5.17. The number of aromatic nitrogens is 2. The van der Waals surface area contributed by atoms with Crippen molar-refractivity contribution in [1.29, 1.82) is 0 Å². The third kappa shape index (κ3) is 7.40. The smallest absolute Gasteiger partial charge is 0.407 e. The van der Waals surface area contributed by atoms with Crippen LogP contribution in [-0.4, -0.2) is 39.1 Å². The second kappa shape index (κ2) is 10.3. The maximum atomic E-state index is 11.5. The van der Waals surface area contributed by atoms with Crippen LogP contribution >= 0.6 is 0 Å². The highest BCUT2D eigenvalue weighted by Gasteiger charge is 2.15. The molecule has 2 N–H and O–H groups in total. The molecule has 2 aromatic rings. The molecule has 0 atom stereocenters. The summed E-state index contributed by atoms with van der Waals surface area (Å²) >= 11 is 0. The van der Waals surface area contributed by atoms with E-state index in [9.17, 15) is 14.7 Å². The van der Waals surface area contributed by atoms with Gasteiger partial charge in [0.05, 0.1) is 16.8 Å². The highest BCUT2D eigenvalue weighted by molar-refractivity contribution is 5.93. The molecule has 0 aliphatic rings. The summed E-state index contributed by atoms with van der Waals surface area (Å²) in [6.07, 6.45) is 6.01. The minimum Gasteiger partial charge on any atom is -0.478 e. The van der Waals surface area contributed by atoms with E-state index < -0.39 is 11.6 Å². The van der Waals surface area contributed by atoms with Crippen molar-refractivity contribution in [2.45, 2.75) is 78.4 Å². The van der Waals surface area contributed by atoms with Crippen LogP contribution in [0.25, 0.3) is 10.9 Å². The lowest BCUT2D eigenvalue weighted by molar-refractivity contribution is 0.0526. The summed E-state index contributed by atoms with van der Waals surface area (Å²) in [5.41, 5.74) is 1.64. The van der Waals surface area contributed by atoms with Crippen molar-refractivity contribution in [1.82, 2.24) is 15.1 Å². The van der Waals surface area contributed by atoms with Crippen molar-refractivity contribution < 1.29 is 19.4 Å². The Balaban J connectivity index is 1.64. The number of hydrogen-bond donors (Lipinski definition) is 2. The number of carbonyl (C=O) groups excluding carboxylic acids is 1. The van der Waals surface area contributed by atoms with Gasteiger partial charge in [0, 0.05) is 18.5 Å². The summed E-state index contributed by atoms with van der Waals surface area (Å²) in [4.78, 5) is 22.8. The average molecular weight is 404 g/mol. The largest absolute Gasteiger partial charge is 0.478 e. The first kappa shape index (κ1) is 22.7. The Labute approximate surface area is 172 Å². The molecule has 2 rings (SSSR count). The molecule has 0 aliphatic heterocycles. The Hall–Kier alpha value is -2.57. The number of amides is 1. The molecule has 7 nitrogen and oxygen atoms in total. The number of nitrogens with one attached hydrogen (secondary N) is 1. The first-order valence-corrected chi connectivity index (χ1v) is 10.3. The van der Waals surface area contributed by atoms with E-state index >= 15 is 0 Å². The lowest BCUT2D eigenvalue weighted by Crippen LogP contribution is -2.32. The highest BCUT2D eigenvalue weighted by Crippen LogP contribution is 2.20. The predicted octanol–water partition coefficient (Wildman–Crippen LogP) is 4.91. The van der Waals surface area contributed by atoms with E-state index in [1.165, 1.54) is 0 Å². The molecular weight excluding hydrogens is 370 g/mol. The van der Waals surface area contributed by atoms with E-state index in [0.29, 0.717) is 12.1 Å². The second-order valence-corrected chi connectivity index (χ2v) is 8.40. The number of hydrogen-bond acceptors (Lipinski definition) is 4. The summed E-state index contributed by atoms with van der Waals surface area (Å²) in [7, 11) is 0. The number of nitrogens with zero attached hydrogens (tertiary/aromatic N) is 2. The van der Waals surface area contributed by atoms with Gasteiger partial charge in [-0.1, -0.05) is 31.7 Å². The molecule has 0 aliphatic carbocycles. The van der Waals surface area contributed by atoms with Crippen LogP contribution in [0.2, 0.25) is 0 Å². The van der Waals surface area contributed by atoms with E-state index in [0.717, 1.165) is 61.7 Å². The van der Waals surface area contributed by atoms with Gasteiger partial charge in [-0.15, -0.1) is 0 Å². The maximum absolute atomic E-state index is 11.5. The lowest BCUT2D eigenvalue weighted by Gasteiger charge is -2.19. The van der Waals surface area contributed by atoms with Crippen molar-refractivity contribution in [3.05, 3.63) is 29.5 Å². The van der Waals surface area contributed by atoms with Crippen molar-refractivity contribution in [3.8, 4) is 0 Å². The number of aromatic carboxylic acids is 1. The Morgan fingerprint density at radius 3 is 2.41 bits per heavy atom. The molecule has 0 saturated carbocycles. The van der Waals surface area contributed by atoms with Crippen LogP contribution < -0.4 is 5.32 Å². The molecule has 1 amide bonds. The monoisotopic (exact) mass is 403 g/mol. The van der Waals surface area contributed by atoms with Gasteiger partial charge >= 0.3 is 12.1 Å². The molecule has 1 aromatic carbocycles. The Morgan fingerprint density at radius 1 is 1.10 bits per heavy atom. The van der Waals surface area contributed by atoms with Crippen LogP contribution in [0.3, 0.4) is 0 Å². The number of carboxylic acid groups (broad SMARTS) is 1. The molecule has 0 fully saturated rings. The van der Waals surface area contributed by atoms with Gasteiger partial charge in [-0.3, -0.25) is 4.68 Å². The van der Waals surface area contributed by atoms with Crippen LogP contribution in [0, 0.1) is 6.92 Å². The fraction of sp³-hybridized carbons (Fsp3) is 0.591. The number of unbranched alkanes of at least 4 members (excludes halogenated alkanes) is 5. The van der Waals surface area contributed by atoms with E-state index in [1.807, 2.05) is 38.4 Å². The van der Waals surface area contributed by atoms with Gasteiger partial charge in [0.15, 0.2) is 0 Å². The zero-order chi connectivity index (χ0) is 21.4. The van der Waals surface area contributed by atoms with Crippen LogP contribution in [0.5, 0.6) is 0 Å². The fourth-order valence-corrected chi connectivity index (χ4v) is 3.24. The SMILES string of the molecule is Cc1nn(CCCCCCCCNC(=O)OC(C)(C)C)c2cc(C(=O)O)ccc12. The van der Waals surface area contributed by atoms with Crippen LogP contribution in [-0.2, 0) is 11.3 Å². The molecule has 0 bridgehead atoms. The summed E-state index contributed by atoms with van der Waals surface area (Å²) in [5.74, 6) is -0.918. The Kier molecular flexibility index (Phi) is 8.05. The zero-order valence-corrected chi connectivity index (χ0v) is 18.0. The van der Waals surface area contributed by atoms with Gasteiger partial charge in [0.25, 0.3) is 0 Å². The summed E-state index contributed by atoms with van der Waals surface area (Å²) in [5, 5.41) is 17.5. The predicted molar refractivity (Wildman–Crippen MR) is 113 cm³/mol. The van der Waals surface area contributed by atoms with Crippen LogP contribution in [0.1, 0.15) is 75.3 Å². The molecule has 0 unspecified atom stereocenters. The first-order valence-electron chi connectivity index (χ1n) is 10.3. The first-order chi connectivity index (χ1) is 13.7. The van der Waals surface area contributed by atoms with Crippen molar-refractivity contribution >= 4 is 23.0 Å². The fourth-order valence-electron chi connectivity index (χ4n) is 3.24. The number of benzene rings is 1. The molecule has 1 aromatic heterocycles. The van der Waals surface area contributed by atoms with Crippen molar-refractivity contribution in [3.63, 3.8) is 0 Å². The molecule has 0 spiro atoms. The van der Waals surface area contributed by atoms with Gasteiger partial charge in [0.2, 0.25) is 0 Å². The maximum Gasteiger partial charge on any atom is 0.407 e. The third-order valence-electron chi connectivity index (χ3n) is 4.65. The van der Waals surface area contributed by atoms with Gasteiger partial charge in [-0.25, -0.2) is 9.59 Å². The van der Waals surface area contributed by atoms with Crippen molar-refractivity contribution in [2.75, 3.05) is 6.54 Å². The molecule has 7 heteroatoms. The number of alkyl carbamates (subject to hydrolysis) is 1. The number of carbonyl (C=O) groups is 2. The highest BCUT2D eigenvalue weighted by atomic mass is 16.6. The van der Waals surface area contributed by atoms with Crippen LogP contribution in [0.4, 0.5) is 4.79 Å². The van der Waals surface area contributed by atoms with Crippen molar-refractivity contribution in [2.24, 2.45) is 0 Å². The Morgan fingerprint density at radius 2 is 1.76 bits per heavy atom. The quantitative estimate of drug-likeness (QED) is 0.550. The Bertz CT molecular complexity index is 836. The minimum atomic E-state index is -0.918. The molecular formula is C22H33N3O4. The van der Waals surface area contributed by atoms with Gasteiger partial charge in [-0.2, -0.15) is 5.10 Å². The van der Waals surface area contributed by atoms with Gasteiger partial charge in [-0.05, 0) is 52.7 Å². The minimum absolute atomic E-state index is 0.290. The van der Waals surface area contributed by atoms with Crippen LogP contribution in [0.15, 0.2) is 18.2 Å². The summed E-state index contributed by atoms with van der Waals surface area (Å²) in [6.45, 7) is 8.93. The standard InChI is InChI=1S/C22H33N3O4/c1-16-18-12-11-17(20(26)27)15-19(18)25(24-16)14-10-8-6-5-7-9-13-23-21(28)29-22(2,3)4/h11-12,15H,5-10,13-14H2,1-4H3,(H,23,28)(H,26,27). The molecule has 29 heavy (non-hydrogen) atoms. The zero-order valence-electron chi connectivity index (χ0n) is 18.0. The number of aryl methyl sites for hydroxylation is 2. The lowest BCUT2D eigenvalue weighted by atomic mass is 10.1. The molecule has 0 radical (unpaired) electrons. The molecule has 1 heterocycles. The molecule has 0 saturated heterocycles. The summed E-state index contributed by atoms with van der Waals surface area (Å²) < 4.78 is 7.12. The molecule has 160 valence electrons.